The molecule has 0 saturated heterocycles. The van der Waals surface area contributed by atoms with Gasteiger partial charge in [-0.15, -0.1) is 12.4 Å². The fourth-order valence-electron chi connectivity index (χ4n) is 1.85. The van der Waals surface area contributed by atoms with Crippen LogP contribution >= 0.6 is 12.4 Å². The largest absolute Gasteiger partial charge is 0.361 e. The standard InChI is InChI=1S/C16H20N4O3.ClH/c1-9(10(2)17)15(21)19-12-4-6-13(7-5-12)20-16(22)14-8-18-23-11(14)3;/h4-10H,17H2,1-3H3,(H,19,21)(H,20,22);1H. The van der Waals surface area contributed by atoms with E-state index in [-0.39, 0.29) is 36.2 Å². The molecule has 8 heteroatoms. The van der Waals surface area contributed by atoms with E-state index in [1.165, 1.54) is 6.20 Å². The number of benzene rings is 1. The first-order chi connectivity index (χ1) is 10.9. The molecule has 0 aliphatic heterocycles. The average Bonchev–Trinajstić information content (AvgIpc) is 2.94. The van der Waals surface area contributed by atoms with E-state index in [4.69, 9.17) is 10.3 Å². The van der Waals surface area contributed by atoms with Crippen LogP contribution in [0.25, 0.3) is 0 Å². The van der Waals surface area contributed by atoms with Gasteiger partial charge in [0.25, 0.3) is 5.91 Å². The average molecular weight is 353 g/mol. The molecule has 2 amide bonds. The molecule has 0 saturated carbocycles. The number of carbonyl (C=O) groups is 2. The van der Waals surface area contributed by atoms with Crippen molar-refractivity contribution in [1.82, 2.24) is 5.16 Å². The summed E-state index contributed by atoms with van der Waals surface area (Å²) < 4.78 is 4.86. The summed E-state index contributed by atoms with van der Waals surface area (Å²) >= 11 is 0. The summed E-state index contributed by atoms with van der Waals surface area (Å²) in [5.41, 5.74) is 7.34. The van der Waals surface area contributed by atoms with Gasteiger partial charge in [0.05, 0.1) is 12.1 Å². The molecule has 4 N–H and O–H groups in total. The summed E-state index contributed by atoms with van der Waals surface area (Å²) in [7, 11) is 0. The van der Waals surface area contributed by atoms with Gasteiger partial charge in [0.15, 0.2) is 0 Å². The Hall–Kier alpha value is -2.38. The van der Waals surface area contributed by atoms with Crippen LogP contribution in [0.5, 0.6) is 0 Å². The van der Waals surface area contributed by atoms with Crippen molar-refractivity contribution in [2.75, 3.05) is 10.6 Å². The molecule has 0 radical (unpaired) electrons. The summed E-state index contributed by atoms with van der Waals surface area (Å²) in [6.45, 7) is 5.23. The van der Waals surface area contributed by atoms with E-state index in [1.54, 1.807) is 45.0 Å². The number of amides is 2. The maximum absolute atomic E-state index is 12.0. The first kappa shape index (κ1) is 19.7. The minimum absolute atomic E-state index is 0. The van der Waals surface area contributed by atoms with Crippen molar-refractivity contribution in [3.8, 4) is 0 Å². The Labute approximate surface area is 146 Å². The highest BCUT2D eigenvalue weighted by atomic mass is 35.5. The van der Waals surface area contributed by atoms with Crippen LogP contribution < -0.4 is 16.4 Å². The topological polar surface area (TPSA) is 110 Å². The van der Waals surface area contributed by atoms with Crippen molar-refractivity contribution < 1.29 is 14.1 Å². The number of rotatable bonds is 5. The van der Waals surface area contributed by atoms with Gasteiger partial charge in [0.2, 0.25) is 5.91 Å². The second kappa shape index (κ2) is 8.47. The highest BCUT2D eigenvalue weighted by molar-refractivity contribution is 6.04. The van der Waals surface area contributed by atoms with Crippen LogP contribution in [0, 0.1) is 12.8 Å². The lowest BCUT2D eigenvalue weighted by Gasteiger charge is -2.15. The molecule has 130 valence electrons. The van der Waals surface area contributed by atoms with Gasteiger partial charge in [-0.3, -0.25) is 9.59 Å². The SMILES string of the molecule is Cc1oncc1C(=O)Nc1ccc(NC(=O)C(C)C(C)N)cc1.Cl. The van der Waals surface area contributed by atoms with Crippen LogP contribution in [0.1, 0.15) is 30.0 Å². The van der Waals surface area contributed by atoms with Crippen molar-refractivity contribution in [3.63, 3.8) is 0 Å². The number of nitrogens with one attached hydrogen (secondary N) is 2. The van der Waals surface area contributed by atoms with E-state index in [1.807, 2.05) is 0 Å². The molecule has 0 spiro atoms. The Morgan fingerprint density at radius 3 is 2.12 bits per heavy atom. The number of carbonyl (C=O) groups excluding carboxylic acids is 2. The fraction of sp³-hybridized carbons (Fsp3) is 0.312. The summed E-state index contributed by atoms with van der Waals surface area (Å²) in [5, 5.41) is 9.09. The molecule has 7 nitrogen and oxygen atoms in total. The van der Waals surface area contributed by atoms with Crippen LogP contribution in [0.15, 0.2) is 35.0 Å². The minimum Gasteiger partial charge on any atom is -0.361 e. The van der Waals surface area contributed by atoms with Gasteiger partial charge in [0, 0.05) is 17.4 Å². The second-order valence-electron chi connectivity index (χ2n) is 5.46. The van der Waals surface area contributed by atoms with Crippen molar-refractivity contribution in [1.29, 1.82) is 0 Å². The number of nitrogens with two attached hydrogens (primary N) is 1. The second-order valence-corrected chi connectivity index (χ2v) is 5.46. The minimum atomic E-state index is -0.300. The van der Waals surface area contributed by atoms with E-state index in [0.717, 1.165) is 0 Å². The van der Waals surface area contributed by atoms with Gasteiger partial charge < -0.3 is 20.9 Å². The summed E-state index contributed by atoms with van der Waals surface area (Å²) in [6.07, 6.45) is 1.37. The molecule has 2 rings (SSSR count). The lowest BCUT2D eigenvalue weighted by atomic mass is 10.0. The molecular weight excluding hydrogens is 332 g/mol. The molecule has 2 unspecified atom stereocenters. The van der Waals surface area contributed by atoms with Gasteiger partial charge in [-0.05, 0) is 38.1 Å². The third kappa shape index (κ3) is 4.81. The van der Waals surface area contributed by atoms with Crippen LogP contribution in [-0.4, -0.2) is 23.0 Å². The zero-order chi connectivity index (χ0) is 17.0. The molecule has 0 bridgehead atoms. The number of anilines is 2. The molecular formula is C16H21ClN4O3. The van der Waals surface area contributed by atoms with Crippen molar-refractivity contribution in [2.45, 2.75) is 26.8 Å². The van der Waals surface area contributed by atoms with Crippen molar-refractivity contribution in [3.05, 3.63) is 41.8 Å². The Kier molecular flexibility index (Phi) is 6.94. The monoisotopic (exact) mass is 352 g/mol. The number of nitrogens with zero attached hydrogens (tertiary/aromatic N) is 1. The van der Waals surface area contributed by atoms with E-state index >= 15 is 0 Å². The van der Waals surface area contributed by atoms with Crippen molar-refractivity contribution >= 4 is 35.6 Å². The molecule has 1 aromatic heterocycles. The summed E-state index contributed by atoms with van der Waals surface area (Å²) in [4.78, 5) is 24.0. The Morgan fingerprint density at radius 1 is 1.12 bits per heavy atom. The number of aryl methyl sites for hydroxylation is 1. The summed E-state index contributed by atoms with van der Waals surface area (Å²) in [5.74, 6) is -0.273. The van der Waals surface area contributed by atoms with E-state index in [9.17, 15) is 9.59 Å². The maximum atomic E-state index is 12.0. The highest BCUT2D eigenvalue weighted by Gasteiger charge is 2.17. The van der Waals surface area contributed by atoms with Gasteiger partial charge >= 0.3 is 0 Å². The molecule has 0 aliphatic carbocycles. The lowest BCUT2D eigenvalue weighted by Crippen LogP contribution is -2.34. The van der Waals surface area contributed by atoms with Crippen LogP contribution in [-0.2, 0) is 4.79 Å². The third-order valence-corrected chi connectivity index (χ3v) is 3.61. The van der Waals surface area contributed by atoms with E-state index in [2.05, 4.69) is 15.8 Å². The van der Waals surface area contributed by atoms with Gasteiger partial charge in [-0.1, -0.05) is 12.1 Å². The molecule has 1 heterocycles. The molecule has 2 atom stereocenters. The predicted molar refractivity (Wildman–Crippen MR) is 94.3 cm³/mol. The van der Waals surface area contributed by atoms with Crippen LogP contribution in [0.3, 0.4) is 0 Å². The van der Waals surface area contributed by atoms with Gasteiger partial charge in [-0.2, -0.15) is 0 Å². The quantitative estimate of drug-likeness (QED) is 0.766. The number of aromatic nitrogens is 1. The van der Waals surface area contributed by atoms with Gasteiger partial charge in [-0.25, -0.2) is 0 Å². The molecule has 0 fully saturated rings. The van der Waals surface area contributed by atoms with E-state index < -0.39 is 0 Å². The Morgan fingerprint density at radius 2 is 1.67 bits per heavy atom. The highest BCUT2D eigenvalue weighted by Crippen LogP contribution is 2.16. The molecule has 2 aromatic rings. The normalized spacial score (nSPS) is 12.7. The molecule has 24 heavy (non-hydrogen) atoms. The third-order valence-electron chi connectivity index (χ3n) is 3.61. The van der Waals surface area contributed by atoms with Crippen LogP contribution in [0.2, 0.25) is 0 Å². The zero-order valence-corrected chi connectivity index (χ0v) is 14.5. The lowest BCUT2D eigenvalue weighted by molar-refractivity contribution is -0.119. The smallest absolute Gasteiger partial charge is 0.260 e. The number of hydrogen-bond acceptors (Lipinski definition) is 5. The number of halogens is 1. The maximum Gasteiger partial charge on any atom is 0.260 e. The first-order valence-corrected chi connectivity index (χ1v) is 7.27. The Bertz CT molecular complexity index is 698. The van der Waals surface area contributed by atoms with Crippen LogP contribution in [0.4, 0.5) is 11.4 Å². The predicted octanol–water partition coefficient (Wildman–Crippen LogP) is 2.58. The number of hydrogen-bond donors (Lipinski definition) is 3. The molecule has 0 aliphatic rings. The van der Waals surface area contributed by atoms with Gasteiger partial charge in [0.1, 0.15) is 11.3 Å². The fourth-order valence-corrected chi connectivity index (χ4v) is 1.85. The summed E-state index contributed by atoms with van der Waals surface area (Å²) in [6, 6.07) is 6.60. The van der Waals surface area contributed by atoms with Crippen molar-refractivity contribution in [2.24, 2.45) is 11.7 Å². The zero-order valence-electron chi connectivity index (χ0n) is 13.7. The molecule has 1 aromatic carbocycles. The van der Waals surface area contributed by atoms with E-state index in [0.29, 0.717) is 22.7 Å². The Balaban J connectivity index is 0.00000288. The first-order valence-electron chi connectivity index (χ1n) is 7.27.